The fourth-order valence-corrected chi connectivity index (χ4v) is 3.95. The quantitative estimate of drug-likeness (QED) is 0.296. The van der Waals surface area contributed by atoms with Crippen LogP contribution in [0.3, 0.4) is 0 Å². The third-order valence-electron chi connectivity index (χ3n) is 5.39. The largest absolute Gasteiger partial charge is 0.494 e. The van der Waals surface area contributed by atoms with Crippen LogP contribution in [-0.2, 0) is 13.0 Å². The molecule has 30 heavy (non-hydrogen) atoms. The van der Waals surface area contributed by atoms with Crippen LogP contribution < -0.4 is 4.74 Å². The summed E-state index contributed by atoms with van der Waals surface area (Å²) in [4.78, 5) is 4.90. The van der Waals surface area contributed by atoms with Gasteiger partial charge in [-0.05, 0) is 67.6 Å². The number of unbranched alkanes of at least 4 members (excludes halogenated alkanes) is 1. The molecule has 0 aliphatic heterocycles. The molecule has 0 amide bonds. The number of fused-ring (bicyclic) bond motifs is 1. The molecule has 4 heteroatoms. The van der Waals surface area contributed by atoms with Crippen molar-refractivity contribution in [3.63, 3.8) is 0 Å². The lowest BCUT2D eigenvalue weighted by molar-refractivity contribution is 0.303. The molecule has 0 fully saturated rings. The Bertz CT molecular complexity index is 1110. The third-order valence-corrected chi connectivity index (χ3v) is 5.99. The number of aromatic nitrogens is 2. The fourth-order valence-electron chi connectivity index (χ4n) is 3.84. The molecule has 0 spiro atoms. The van der Waals surface area contributed by atoms with Gasteiger partial charge >= 0.3 is 0 Å². The monoisotopic (exact) mass is 418 g/mol. The highest BCUT2D eigenvalue weighted by Gasteiger charge is 2.11. The van der Waals surface area contributed by atoms with Gasteiger partial charge in [-0.25, -0.2) is 4.98 Å². The van der Waals surface area contributed by atoms with Crippen LogP contribution in [0.2, 0.25) is 5.02 Å². The number of hydrogen-bond acceptors (Lipinski definition) is 2. The smallest absolute Gasteiger partial charge is 0.119 e. The molecule has 4 aromatic rings. The first-order chi connectivity index (χ1) is 14.6. The second-order valence-corrected chi connectivity index (χ2v) is 8.14. The van der Waals surface area contributed by atoms with E-state index in [0.29, 0.717) is 6.61 Å². The lowest BCUT2D eigenvalue weighted by Crippen LogP contribution is -2.07. The van der Waals surface area contributed by atoms with E-state index in [2.05, 4.69) is 59.2 Å². The van der Waals surface area contributed by atoms with Crippen LogP contribution in [0.5, 0.6) is 5.75 Å². The van der Waals surface area contributed by atoms with Crippen molar-refractivity contribution < 1.29 is 4.74 Å². The summed E-state index contributed by atoms with van der Waals surface area (Å²) in [6.07, 6.45) is 2.86. The summed E-state index contributed by atoms with van der Waals surface area (Å²) >= 11 is 6.25. The molecule has 0 bridgehead atoms. The molecule has 0 aliphatic carbocycles. The zero-order valence-corrected chi connectivity index (χ0v) is 18.3. The number of rotatable bonds is 8. The second-order valence-electron chi connectivity index (χ2n) is 7.76. The minimum absolute atomic E-state index is 0.696. The van der Waals surface area contributed by atoms with Gasteiger partial charge in [-0.3, -0.25) is 0 Å². The average Bonchev–Trinajstić information content (AvgIpc) is 3.09. The number of aryl methyl sites for hydroxylation is 3. The van der Waals surface area contributed by atoms with Crippen LogP contribution in [-0.4, -0.2) is 16.2 Å². The molecule has 0 N–H and O–H groups in total. The maximum Gasteiger partial charge on any atom is 0.119 e. The molecular weight excluding hydrogens is 392 g/mol. The Labute approximate surface area is 183 Å². The third kappa shape index (κ3) is 4.68. The predicted molar refractivity (Wildman–Crippen MR) is 125 cm³/mol. The Morgan fingerprint density at radius 3 is 2.37 bits per heavy atom. The van der Waals surface area contributed by atoms with Crippen molar-refractivity contribution in [3.05, 3.63) is 94.3 Å². The van der Waals surface area contributed by atoms with Gasteiger partial charge in [-0.1, -0.05) is 54.1 Å². The molecule has 1 aromatic heterocycles. The average molecular weight is 419 g/mol. The van der Waals surface area contributed by atoms with Crippen LogP contribution >= 0.6 is 11.6 Å². The van der Waals surface area contributed by atoms with Gasteiger partial charge in [0, 0.05) is 18.0 Å². The zero-order valence-electron chi connectivity index (χ0n) is 17.6. The first kappa shape index (κ1) is 20.5. The number of para-hydroxylation sites is 2. The normalized spacial score (nSPS) is 11.2. The number of imidazole rings is 1. The van der Waals surface area contributed by atoms with Gasteiger partial charge in [0.15, 0.2) is 0 Å². The standard InChI is InChI=1S/C26H27ClN2O/c1-19-16-22(17-20(2)26(19)27)30-15-9-8-14-29-24-13-7-6-12-23(24)28-25(29)18-21-10-4-3-5-11-21/h3-7,10-13,16-17H,8-9,14-15,18H2,1-2H3. The molecular formula is C26H27ClN2O. The number of benzene rings is 3. The number of hydrogen-bond donors (Lipinski definition) is 0. The van der Waals surface area contributed by atoms with E-state index in [1.807, 2.05) is 26.0 Å². The van der Waals surface area contributed by atoms with Gasteiger partial charge in [0.05, 0.1) is 17.6 Å². The van der Waals surface area contributed by atoms with Crippen molar-refractivity contribution in [2.75, 3.05) is 6.61 Å². The zero-order chi connectivity index (χ0) is 20.9. The first-order valence-corrected chi connectivity index (χ1v) is 10.9. The SMILES string of the molecule is Cc1cc(OCCCCn2c(Cc3ccccc3)nc3ccccc32)cc(C)c1Cl. The minimum atomic E-state index is 0.696. The van der Waals surface area contributed by atoms with Gasteiger partial charge in [0.2, 0.25) is 0 Å². The summed E-state index contributed by atoms with van der Waals surface area (Å²) in [7, 11) is 0. The van der Waals surface area contributed by atoms with E-state index in [1.165, 1.54) is 11.1 Å². The Hall–Kier alpha value is -2.78. The van der Waals surface area contributed by atoms with Crippen molar-refractivity contribution in [2.24, 2.45) is 0 Å². The van der Waals surface area contributed by atoms with E-state index in [4.69, 9.17) is 21.3 Å². The Morgan fingerprint density at radius 1 is 0.900 bits per heavy atom. The topological polar surface area (TPSA) is 27.1 Å². The van der Waals surface area contributed by atoms with E-state index in [-0.39, 0.29) is 0 Å². The summed E-state index contributed by atoms with van der Waals surface area (Å²) in [5.41, 5.74) is 5.66. The Morgan fingerprint density at radius 2 is 1.60 bits per heavy atom. The van der Waals surface area contributed by atoms with Crippen LogP contribution in [0.1, 0.15) is 35.4 Å². The molecule has 3 nitrogen and oxygen atoms in total. The van der Waals surface area contributed by atoms with Crippen LogP contribution in [0.15, 0.2) is 66.7 Å². The minimum Gasteiger partial charge on any atom is -0.494 e. The van der Waals surface area contributed by atoms with Crippen LogP contribution in [0.25, 0.3) is 11.0 Å². The summed E-state index contributed by atoms with van der Waals surface area (Å²) in [6, 6.07) is 22.9. The molecule has 1 heterocycles. The summed E-state index contributed by atoms with van der Waals surface area (Å²) < 4.78 is 8.33. The van der Waals surface area contributed by atoms with E-state index >= 15 is 0 Å². The molecule has 0 aliphatic rings. The lowest BCUT2D eigenvalue weighted by atomic mass is 10.1. The molecule has 4 rings (SSSR count). The number of nitrogens with zero attached hydrogens (tertiary/aromatic N) is 2. The molecule has 0 saturated carbocycles. The number of ether oxygens (including phenoxy) is 1. The Kier molecular flexibility index (Phi) is 6.39. The second kappa shape index (κ2) is 9.36. The van der Waals surface area contributed by atoms with E-state index < -0.39 is 0 Å². The highest BCUT2D eigenvalue weighted by atomic mass is 35.5. The van der Waals surface area contributed by atoms with Gasteiger partial charge in [0.1, 0.15) is 11.6 Å². The van der Waals surface area contributed by atoms with E-state index in [0.717, 1.165) is 59.0 Å². The predicted octanol–water partition coefficient (Wildman–Crippen LogP) is 6.76. The highest BCUT2D eigenvalue weighted by Crippen LogP contribution is 2.26. The van der Waals surface area contributed by atoms with E-state index in [9.17, 15) is 0 Å². The molecule has 3 aromatic carbocycles. The van der Waals surface area contributed by atoms with Gasteiger partial charge in [-0.15, -0.1) is 0 Å². The molecule has 0 saturated heterocycles. The van der Waals surface area contributed by atoms with Crippen LogP contribution in [0.4, 0.5) is 0 Å². The summed E-state index contributed by atoms with van der Waals surface area (Å²) in [6.45, 7) is 5.66. The lowest BCUT2D eigenvalue weighted by Gasteiger charge is -2.12. The van der Waals surface area contributed by atoms with E-state index in [1.54, 1.807) is 0 Å². The van der Waals surface area contributed by atoms with Gasteiger partial charge in [-0.2, -0.15) is 0 Å². The molecule has 0 atom stereocenters. The fraction of sp³-hybridized carbons (Fsp3) is 0.269. The molecule has 0 unspecified atom stereocenters. The van der Waals surface area contributed by atoms with Crippen molar-refractivity contribution in [1.82, 2.24) is 9.55 Å². The van der Waals surface area contributed by atoms with Gasteiger partial charge in [0.25, 0.3) is 0 Å². The maximum atomic E-state index is 6.25. The van der Waals surface area contributed by atoms with Gasteiger partial charge < -0.3 is 9.30 Å². The van der Waals surface area contributed by atoms with Crippen molar-refractivity contribution in [1.29, 1.82) is 0 Å². The van der Waals surface area contributed by atoms with Crippen molar-refractivity contribution in [2.45, 2.75) is 39.7 Å². The summed E-state index contributed by atoms with van der Waals surface area (Å²) in [5.74, 6) is 2.01. The number of halogens is 1. The molecule has 154 valence electrons. The van der Waals surface area contributed by atoms with Crippen molar-refractivity contribution in [3.8, 4) is 5.75 Å². The van der Waals surface area contributed by atoms with Crippen molar-refractivity contribution >= 4 is 22.6 Å². The molecule has 0 radical (unpaired) electrons. The van der Waals surface area contributed by atoms with Crippen LogP contribution in [0, 0.1) is 13.8 Å². The Balaban J connectivity index is 1.40. The summed E-state index contributed by atoms with van der Waals surface area (Å²) in [5, 5.41) is 0.820. The first-order valence-electron chi connectivity index (χ1n) is 10.5. The highest BCUT2D eigenvalue weighted by molar-refractivity contribution is 6.32. The maximum absolute atomic E-state index is 6.25.